The molecule has 29 heavy (non-hydrogen) atoms. The highest BCUT2D eigenvalue weighted by Crippen LogP contribution is 2.16. The van der Waals surface area contributed by atoms with E-state index in [0.717, 1.165) is 14.7 Å². The SMILES string of the molecule is CCn1c(=O)c(C(=O)/C(C#N)=C/c2ccco2)c(N)n(Cc2ccccc2)c1=O. The van der Waals surface area contributed by atoms with Crippen LogP contribution in [0.25, 0.3) is 6.08 Å². The van der Waals surface area contributed by atoms with Crippen molar-refractivity contribution < 1.29 is 9.21 Å². The molecule has 8 nitrogen and oxygen atoms in total. The Kier molecular flexibility index (Phi) is 5.60. The zero-order chi connectivity index (χ0) is 21.0. The molecule has 0 fully saturated rings. The van der Waals surface area contributed by atoms with Crippen molar-refractivity contribution in [2.75, 3.05) is 5.73 Å². The number of allylic oxidation sites excluding steroid dienone is 1. The van der Waals surface area contributed by atoms with Gasteiger partial charge in [-0.3, -0.25) is 18.7 Å². The van der Waals surface area contributed by atoms with Gasteiger partial charge in [-0.1, -0.05) is 30.3 Å². The molecule has 0 radical (unpaired) electrons. The second-order valence-corrected chi connectivity index (χ2v) is 6.18. The molecular weight excluding hydrogens is 372 g/mol. The molecule has 0 aliphatic carbocycles. The van der Waals surface area contributed by atoms with Crippen LogP contribution in [0, 0.1) is 11.3 Å². The Hall–Kier alpha value is -4.12. The molecule has 0 saturated carbocycles. The van der Waals surface area contributed by atoms with Crippen LogP contribution in [0.1, 0.15) is 28.6 Å². The van der Waals surface area contributed by atoms with Crippen LogP contribution in [0.2, 0.25) is 0 Å². The summed E-state index contributed by atoms with van der Waals surface area (Å²) >= 11 is 0. The lowest BCUT2D eigenvalue weighted by molar-refractivity contribution is 0.103. The number of Topliss-reactive ketones (excluding diaryl/α,β-unsaturated/α-hetero) is 1. The van der Waals surface area contributed by atoms with Crippen molar-refractivity contribution in [3.8, 4) is 6.07 Å². The number of rotatable bonds is 6. The fraction of sp³-hybridized carbons (Fsp3) is 0.143. The molecule has 0 bridgehead atoms. The quantitative estimate of drug-likeness (QED) is 0.390. The highest BCUT2D eigenvalue weighted by Gasteiger charge is 2.25. The topological polar surface area (TPSA) is 124 Å². The molecule has 8 heteroatoms. The molecule has 2 aromatic heterocycles. The standard InChI is InChI=1S/C21H18N4O4/c1-2-24-20(27)17(18(26)15(12-22)11-16-9-6-10-29-16)19(23)25(21(24)28)13-14-7-4-3-5-8-14/h3-11H,2,13,23H2,1H3/b15-11+. The predicted octanol–water partition coefficient (Wildman–Crippen LogP) is 2.04. The van der Waals surface area contributed by atoms with Crippen molar-refractivity contribution in [2.45, 2.75) is 20.0 Å². The summed E-state index contributed by atoms with van der Waals surface area (Å²) in [7, 11) is 0. The van der Waals surface area contributed by atoms with Gasteiger partial charge in [-0.05, 0) is 24.6 Å². The Morgan fingerprint density at radius 3 is 2.48 bits per heavy atom. The zero-order valence-electron chi connectivity index (χ0n) is 15.7. The maximum Gasteiger partial charge on any atom is 0.332 e. The maximum absolute atomic E-state index is 13.0. The smallest absolute Gasteiger partial charge is 0.332 e. The van der Waals surface area contributed by atoms with E-state index in [1.165, 1.54) is 12.3 Å². The number of hydrogen-bond acceptors (Lipinski definition) is 6. The van der Waals surface area contributed by atoms with Gasteiger partial charge in [-0.2, -0.15) is 5.26 Å². The van der Waals surface area contributed by atoms with E-state index in [-0.39, 0.29) is 30.2 Å². The van der Waals surface area contributed by atoms with Crippen LogP contribution >= 0.6 is 0 Å². The molecule has 3 aromatic rings. The number of nitrogen functional groups attached to an aromatic ring is 1. The summed E-state index contributed by atoms with van der Waals surface area (Å²) in [5, 5.41) is 9.42. The molecule has 3 rings (SSSR count). The zero-order valence-corrected chi connectivity index (χ0v) is 15.7. The number of carbonyl (C=O) groups excluding carboxylic acids is 1. The molecule has 0 atom stereocenters. The number of hydrogen-bond donors (Lipinski definition) is 1. The van der Waals surface area contributed by atoms with Crippen LogP contribution in [0.15, 0.2) is 68.3 Å². The van der Waals surface area contributed by atoms with E-state index in [0.29, 0.717) is 0 Å². The van der Waals surface area contributed by atoms with Gasteiger partial charge in [0.2, 0.25) is 5.78 Å². The van der Waals surface area contributed by atoms with Crippen molar-refractivity contribution in [1.29, 1.82) is 5.26 Å². The number of anilines is 1. The lowest BCUT2D eigenvalue weighted by atomic mass is 10.0. The molecule has 0 aliphatic heterocycles. The highest BCUT2D eigenvalue weighted by atomic mass is 16.3. The minimum absolute atomic E-state index is 0.0524. The van der Waals surface area contributed by atoms with E-state index < -0.39 is 22.6 Å². The summed E-state index contributed by atoms with van der Waals surface area (Å²) in [6, 6.07) is 14.0. The summed E-state index contributed by atoms with van der Waals surface area (Å²) in [6.45, 7) is 1.75. The lowest BCUT2D eigenvalue weighted by Crippen LogP contribution is -2.44. The minimum Gasteiger partial charge on any atom is -0.465 e. The third-order valence-electron chi connectivity index (χ3n) is 4.39. The second-order valence-electron chi connectivity index (χ2n) is 6.18. The molecule has 0 aliphatic rings. The van der Waals surface area contributed by atoms with Crippen LogP contribution in [0.5, 0.6) is 0 Å². The fourth-order valence-electron chi connectivity index (χ4n) is 2.93. The van der Waals surface area contributed by atoms with Crippen LogP contribution in [0.3, 0.4) is 0 Å². The van der Waals surface area contributed by atoms with Gasteiger partial charge in [0.1, 0.15) is 28.8 Å². The third kappa shape index (κ3) is 3.80. The van der Waals surface area contributed by atoms with Crippen molar-refractivity contribution >= 4 is 17.7 Å². The molecule has 1 aromatic carbocycles. The molecule has 0 amide bonds. The van der Waals surface area contributed by atoms with E-state index in [4.69, 9.17) is 10.2 Å². The Bertz CT molecular complexity index is 1230. The predicted molar refractivity (Wildman–Crippen MR) is 107 cm³/mol. The lowest BCUT2D eigenvalue weighted by Gasteiger charge is -2.15. The van der Waals surface area contributed by atoms with Gasteiger partial charge in [-0.15, -0.1) is 0 Å². The number of nitrogens with two attached hydrogens (primary N) is 1. The first-order valence-corrected chi connectivity index (χ1v) is 8.85. The van der Waals surface area contributed by atoms with Gasteiger partial charge < -0.3 is 10.2 Å². The highest BCUT2D eigenvalue weighted by molar-refractivity contribution is 6.15. The molecule has 0 unspecified atom stereocenters. The summed E-state index contributed by atoms with van der Waals surface area (Å²) in [6.07, 6.45) is 2.62. The average molecular weight is 390 g/mol. The Morgan fingerprint density at radius 1 is 1.17 bits per heavy atom. The fourth-order valence-corrected chi connectivity index (χ4v) is 2.93. The van der Waals surface area contributed by atoms with Crippen molar-refractivity contribution in [2.24, 2.45) is 0 Å². The molecule has 0 spiro atoms. The summed E-state index contributed by atoms with van der Waals surface area (Å²) < 4.78 is 7.22. The van der Waals surface area contributed by atoms with Crippen LogP contribution in [-0.2, 0) is 13.1 Å². The first-order valence-electron chi connectivity index (χ1n) is 8.85. The number of ketones is 1. The summed E-state index contributed by atoms with van der Waals surface area (Å²) in [4.78, 5) is 38.5. The summed E-state index contributed by atoms with van der Waals surface area (Å²) in [5.41, 5.74) is 4.67. The summed E-state index contributed by atoms with van der Waals surface area (Å²) in [5.74, 6) is -0.864. The number of nitrogens with zero attached hydrogens (tertiary/aromatic N) is 3. The first-order chi connectivity index (χ1) is 14.0. The number of furan rings is 1. The number of carbonyl (C=O) groups is 1. The van der Waals surface area contributed by atoms with E-state index >= 15 is 0 Å². The van der Waals surface area contributed by atoms with E-state index in [2.05, 4.69) is 0 Å². The van der Waals surface area contributed by atoms with Crippen LogP contribution in [0.4, 0.5) is 5.82 Å². The van der Waals surface area contributed by atoms with Gasteiger partial charge in [-0.25, -0.2) is 4.79 Å². The number of nitriles is 1. The molecule has 2 heterocycles. The van der Waals surface area contributed by atoms with Gasteiger partial charge in [0.25, 0.3) is 5.56 Å². The second kappa shape index (κ2) is 8.27. The molecule has 0 saturated heterocycles. The maximum atomic E-state index is 13.0. The minimum atomic E-state index is -0.865. The number of benzene rings is 1. The van der Waals surface area contributed by atoms with E-state index in [1.54, 1.807) is 49.4 Å². The largest absolute Gasteiger partial charge is 0.465 e. The van der Waals surface area contributed by atoms with Gasteiger partial charge in [0.05, 0.1) is 12.8 Å². The number of aromatic nitrogens is 2. The van der Waals surface area contributed by atoms with Crippen molar-refractivity contribution in [1.82, 2.24) is 9.13 Å². The Morgan fingerprint density at radius 2 is 1.90 bits per heavy atom. The van der Waals surface area contributed by atoms with Crippen LogP contribution in [-0.4, -0.2) is 14.9 Å². The Balaban J connectivity index is 2.19. The molecular formula is C21H18N4O4. The van der Waals surface area contributed by atoms with Crippen molar-refractivity contribution in [3.05, 3.63) is 92.0 Å². The normalized spacial score (nSPS) is 11.2. The Labute approximate surface area is 165 Å². The van der Waals surface area contributed by atoms with Crippen molar-refractivity contribution in [3.63, 3.8) is 0 Å². The van der Waals surface area contributed by atoms with Gasteiger partial charge in [0.15, 0.2) is 0 Å². The third-order valence-corrected chi connectivity index (χ3v) is 4.39. The van der Waals surface area contributed by atoms with Gasteiger partial charge >= 0.3 is 5.69 Å². The average Bonchev–Trinajstić information content (AvgIpc) is 3.23. The van der Waals surface area contributed by atoms with Crippen LogP contribution < -0.4 is 17.0 Å². The molecule has 146 valence electrons. The first kappa shape index (κ1) is 19.6. The molecule has 2 N–H and O–H groups in total. The monoisotopic (exact) mass is 390 g/mol. The van der Waals surface area contributed by atoms with E-state index in [1.807, 2.05) is 6.07 Å². The van der Waals surface area contributed by atoms with E-state index in [9.17, 15) is 19.6 Å². The van der Waals surface area contributed by atoms with Gasteiger partial charge in [0, 0.05) is 12.6 Å².